The lowest BCUT2D eigenvalue weighted by Gasteiger charge is -2.32. The molecule has 0 amide bonds. The van der Waals surface area contributed by atoms with E-state index in [0.29, 0.717) is 5.75 Å². The zero-order chi connectivity index (χ0) is 20.1. The number of rotatable bonds is 9. The van der Waals surface area contributed by atoms with Gasteiger partial charge in [-0.1, -0.05) is 6.42 Å². The lowest BCUT2D eigenvalue weighted by Crippen LogP contribution is -3.00. The number of fused-ring (bicyclic) bond motifs is 3. The first-order valence-electron chi connectivity index (χ1n) is 10.8. The fraction of sp³-hybridized carbons (Fsp3) is 0.500. The molecule has 4 nitrogen and oxygen atoms in total. The highest BCUT2D eigenvalue weighted by atomic mass is 79.9. The molecule has 0 atom stereocenters. The number of aryl methyl sites for hydroxylation is 2. The minimum Gasteiger partial charge on any atom is -1.00 e. The molecular weight excluding hydrogens is 506 g/mol. The summed E-state index contributed by atoms with van der Waals surface area (Å²) in [5, 5.41) is 12.6. The number of aromatic hydroxyl groups is 1. The van der Waals surface area contributed by atoms with Gasteiger partial charge in [0.25, 0.3) is 0 Å². The van der Waals surface area contributed by atoms with E-state index in [1.165, 1.54) is 60.8 Å². The first-order valence-corrected chi connectivity index (χ1v) is 10.8. The van der Waals surface area contributed by atoms with Crippen LogP contribution in [0.25, 0.3) is 21.8 Å². The van der Waals surface area contributed by atoms with E-state index in [9.17, 15) is 5.11 Å². The monoisotopic (exact) mass is 540 g/mol. The van der Waals surface area contributed by atoms with Crippen LogP contribution in [0.1, 0.15) is 45.1 Å². The van der Waals surface area contributed by atoms with E-state index in [2.05, 4.69) is 44.1 Å². The Hall–Kier alpha value is -1.24. The van der Waals surface area contributed by atoms with Gasteiger partial charge in [0.05, 0.1) is 32.1 Å². The molecule has 0 fully saturated rings. The number of hydrogen-bond donors (Lipinski definition) is 1. The Morgan fingerprint density at radius 3 is 2.37 bits per heavy atom. The third kappa shape index (κ3) is 5.92. The molecule has 6 heteroatoms. The Kier molecular flexibility index (Phi) is 10.7. The molecule has 3 rings (SSSR count). The van der Waals surface area contributed by atoms with E-state index >= 15 is 0 Å². The summed E-state index contributed by atoms with van der Waals surface area (Å²) in [6.07, 6.45) is 10.1. The molecule has 30 heavy (non-hydrogen) atoms. The summed E-state index contributed by atoms with van der Waals surface area (Å²) in [5.74, 6) is 0.333. The zero-order valence-corrected chi connectivity index (χ0v) is 21.9. The van der Waals surface area contributed by atoms with Crippen LogP contribution in [-0.2, 0) is 13.5 Å². The van der Waals surface area contributed by atoms with Crippen LogP contribution >= 0.6 is 0 Å². The third-order valence-electron chi connectivity index (χ3n) is 6.55. The smallest absolute Gasteiger partial charge is 0.228 e. The fourth-order valence-corrected chi connectivity index (χ4v) is 4.14. The van der Waals surface area contributed by atoms with Gasteiger partial charge in [-0.05, 0) is 51.2 Å². The van der Waals surface area contributed by atoms with Crippen molar-refractivity contribution in [3.63, 3.8) is 0 Å². The highest BCUT2D eigenvalue weighted by Gasteiger charge is 2.19. The lowest BCUT2D eigenvalue weighted by molar-refractivity contribution is -0.906. The van der Waals surface area contributed by atoms with Crippen molar-refractivity contribution in [2.75, 3.05) is 26.7 Å². The number of hydrogen-bond acceptors (Lipinski definition) is 1. The molecule has 0 radical (unpaired) electrons. The number of H-pyrrole nitrogens is 1. The first kappa shape index (κ1) is 26.8. The fourth-order valence-electron chi connectivity index (χ4n) is 4.14. The summed E-state index contributed by atoms with van der Waals surface area (Å²) in [4.78, 5) is 3.37. The largest absolute Gasteiger partial charge is 1.00 e. The molecule has 0 unspecified atom stereocenters. The van der Waals surface area contributed by atoms with Crippen LogP contribution < -0.4 is 43.5 Å². The van der Waals surface area contributed by atoms with Crippen molar-refractivity contribution in [1.82, 2.24) is 0 Å². The molecule has 2 N–H and O–H groups in total. The van der Waals surface area contributed by atoms with Crippen molar-refractivity contribution >= 4 is 21.8 Å². The van der Waals surface area contributed by atoms with Gasteiger partial charge < -0.3 is 43.6 Å². The second-order valence-electron chi connectivity index (χ2n) is 8.34. The molecule has 0 saturated heterocycles. The van der Waals surface area contributed by atoms with Crippen molar-refractivity contribution < 1.29 is 53.1 Å². The highest BCUT2D eigenvalue weighted by Crippen LogP contribution is 2.29. The SMILES string of the molecule is CC[N+](C)(CC)CCCCCCc1cc[nH+]c2c1ccc1c2c(O)cc[n+]1C.[Br-].[Br-]. The zero-order valence-electron chi connectivity index (χ0n) is 18.7. The van der Waals surface area contributed by atoms with Crippen LogP contribution in [0.2, 0.25) is 0 Å². The molecule has 166 valence electrons. The lowest BCUT2D eigenvalue weighted by atomic mass is 10.00. The predicted octanol–water partition coefficient (Wildman–Crippen LogP) is -2.07. The molecule has 0 aliphatic carbocycles. The van der Waals surface area contributed by atoms with Gasteiger partial charge in [0.1, 0.15) is 12.8 Å². The molecule has 0 spiro atoms. The van der Waals surface area contributed by atoms with Crippen LogP contribution in [0.3, 0.4) is 0 Å². The number of aromatic nitrogens is 2. The standard InChI is InChI=1S/C24H34N3O.2BrH/c1-5-27(4,6-2)18-10-8-7-9-11-19-14-16-25-24-20(19)12-13-21-23(24)22(28)15-17-26(21)3;;/h12-17H,5-11,18H2,1-4H3;2*1H/q+1;;. The topological polar surface area (TPSA) is 38.3 Å². The minimum absolute atomic E-state index is 0. The molecule has 2 aromatic heterocycles. The van der Waals surface area contributed by atoms with Crippen LogP contribution in [-0.4, -0.2) is 36.3 Å². The molecular formula is C24H36Br2N3O+. The number of nitrogens with zero attached hydrogens (tertiary/aromatic N) is 2. The second kappa shape index (κ2) is 12.0. The molecule has 0 aliphatic heterocycles. The summed E-state index contributed by atoms with van der Waals surface area (Å²) >= 11 is 0. The molecule has 1 aromatic carbocycles. The van der Waals surface area contributed by atoms with E-state index in [1.807, 2.05) is 24.0 Å². The number of aromatic amines is 1. The quantitative estimate of drug-likeness (QED) is 0.144. The van der Waals surface area contributed by atoms with E-state index in [0.717, 1.165) is 22.8 Å². The van der Waals surface area contributed by atoms with Gasteiger partial charge in [0, 0.05) is 18.2 Å². The van der Waals surface area contributed by atoms with Crippen molar-refractivity contribution in [3.8, 4) is 5.75 Å². The number of pyridine rings is 2. The van der Waals surface area contributed by atoms with Gasteiger partial charge in [-0.25, -0.2) is 9.55 Å². The third-order valence-corrected chi connectivity index (χ3v) is 6.55. The van der Waals surface area contributed by atoms with Crippen LogP contribution in [0.15, 0.2) is 36.7 Å². The Labute approximate surface area is 202 Å². The van der Waals surface area contributed by atoms with Crippen LogP contribution in [0, 0.1) is 0 Å². The Bertz CT molecular complexity index is 958. The van der Waals surface area contributed by atoms with Crippen molar-refractivity contribution in [2.45, 2.75) is 46.0 Å². The number of nitrogens with one attached hydrogen (secondary N) is 1. The normalized spacial score (nSPS) is 11.3. The Balaban J connectivity index is 0.00000225. The van der Waals surface area contributed by atoms with Crippen LogP contribution in [0.5, 0.6) is 5.75 Å². The number of unbranched alkanes of at least 4 members (excludes halogenated alkanes) is 3. The maximum Gasteiger partial charge on any atom is 0.228 e. The van der Waals surface area contributed by atoms with Gasteiger partial charge in [0.15, 0.2) is 17.8 Å². The van der Waals surface area contributed by atoms with E-state index < -0.39 is 0 Å². The average Bonchev–Trinajstić information content (AvgIpc) is 2.72. The number of halogens is 2. The minimum atomic E-state index is 0. The summed E-state index contributed by atoms with van der Waals surface area (Å²) in [6, 6.07) is 8.26. The maximum absolute atomic E-state index is 10.4. The van der Waals surface area contributed by atoms with E-state index in [1.54, 1.807) is 6.07 Å². The van der Waals surface area contributed by atoms with E-state index in [-0.39, 0.29) is 34.0 Å². The average molecular weight is 542 g/mol. The summed E-state index contributed by atoms with van der Waals surface area (Å²) < 4.78 is 3.24. The molecule has 0 saturated carbocycles. The molecule has 2 heterocycles. The first-order chi connectivity index (χ1) is 13.5. The maximum atomic E-state index is 10.4. The summed E-state index contributed by atoms with van der Waals surface area (Å²) in [5.41, 5.74) is 3.43. The van der Waals surface area contributed by atoms with Crippen molar-refractivity contribution in [2.24, 2.45) is 7.05 Å². The van der Waals surface area contributed by atoms with Gasteiger partial charge in [-0.2, -0.15) is 0 Å². The van der Waals surface area contributed by atoms with Crippen LogP contribution in [0.4, 0.5) is 0 Å². The summed E-state index contributed by atoms with van der Waals surface area (Å²) in [6.45, 7) is 8.33. The Morgan fingerprint density at radius 2 is 1.67 bits per heavy atom. The predicted molar refractivity (Wildman–Crippen MR) is 115 cm³/mol. The van der Waals surface area contributed by atoms with Crippen molar-refractivity contribution in [3.05, 3.63) is 42.2 Å². The van der Waals surface area contributed by atoms with Gasteiger partial charge in [0.2, 0.25) is 11.0 Å². The second-order valence-corrected chi connectivity index (χ2v) is 8.34. The number of quaternary nitrogens is 1. The van der Waals surface area contributed by atoms with Gasteiger partial charge >= 0.3 is 0 Å². The van der Waals surface area contributed by atoms with E-state index in [4.69, 9.17) is 0 Å². The molecule has 0 bridgehead atoms. The van der Waals surface area contributed by atoms with Crippen molar-refractivity contribution in [1.29, 1.82) is 0 Å². The molecule has 3 aromatic rings. The van der Waals surface area contributed by atoms with Gasteiger partial charge in [-0.15, -0.1) is 0 Å². The highest BCUT2D eigenvalue weighted by molar-refractivity contribution is 6.04. The van der Waals surface area contributed by atoms with Gasteiger partial charge in [-0.3, -0.25) is 0 Å². The summed E-state index contributed by atoms with van der Waals surface area (Å²) in [7, 11) is 4.38. The Morgan fingerprint density at radius 1 is 0.967 bits per heavy atom. The molecule has 0 aliphatic rings. The number of benzene rings is 1.